The summed E-state index contributed by atoms with van der Waals surface area (Å²) in [6.45, 7) is 3.83. The fourth-order valence-corrected chi connectivity index (χ4v) is 1.70. The van der Waals surface area contributed by atoms with Crippen molar-refractivity contribution in [3.8, 4) is 5.75 Å². The van der Waals surface area contributed by atoms with Crippen LogP contribution >= 0.6 is 0 Å². The second-order valence-corrected chi connectivity index (χ2v) is 3.64. The van der Waals surface area contributed by atoms with Gasteiger partial charge in [0.2, 0.25) is 0 Å². The van der Waals surface area contributed by atoms with Crippen molar-refractivity contribution in [2.24, 2.45) is 5.16 Å². The topological polar surface area (TPSA) is 41.8 Å². The molecule has 74 valence electrons. The maximum Gasteiger partial charge on any atom is 0.123 e. The van der Waals surface area contributed by atoms with E-state index in [1.165, 1.54) is 5.56 Å². The summed E-state index contributed by atoms with van der Waals surface area (Å²) in [7, 11) is 0. The first-order chi connectivity index (χ1) is 6.70. The van der Waals surface area contributed by atoms with Crippen LogP contribution in [0.1, 0.15) is 25.0 Å². The quantitative estimate of drug-likeness (QED) is 0.420. The van der Waals surface area contributed by atoms with Crippen LogP contribution in [0.4, 0.5) is 0 Å². The molecule has 0 saturated carbocycles. The van der Waals surface area contributed by atoms with Gasteiger partial charge in [0.15, 0.2) is 0 Å². The zero-order valence-electron chi connectivity index (χ0n) is 8.32. The zero-order chi connectivity index (χ0) is 10.1. The van der Waals surface area contributed by atoms with Gasteiger partial charge >= 0.3 is 0 Å². The maximum absolute atomic E-state index is 8.65. The van der Waals surface area contributed by atoms with Crippen molar-refractivity contribution >= 4 is 5.71 Å². The molecule has 0 radical (unpaired) electrons. The van der Waals surface area contributed by atoms with Gasteiger partial charge in [-0.25, -0.2) is 0 Å². The first-order valence-electron chi connectivity index (χ1n) is 4.69. The first kappa shape index (κ1) is 9.06. The minimum Gasteiger partial charge on any atom is -0.490 e. The Balaban J connectivity index is 2.38. The molecule has 0 aliphatic carbocycles. The van der Waals surface area contributed by atoms with Gasteiger partial charge in [-0.15, -0.1) is 0 Å². The Labute approximate surface area is 83.0 Å². The number of hydrogen-bond donors (Lipinski definition) is 1. The molecular weight excluding hydrogens is 178 g/mol. The third-order valence-electron chi connectivity index (χ3n) is 2.46. The van der Waals surface area contributed by atoms with Gasteiger partial charge in [0.05, 0.1) is 5.71 Å². The molecule has 1 aliphatic rings. The van der Waals surface area contributed by atoms with Gasteiger partial charge in [-0.3, -0.25) is 0 Å². The molecule has 1 aromatic rings. The highest BCUT2D eigenvalue weighted by molar-refractivity contribution is 5.98. The van der Waals surface area contributed by atoms with Gasteiger partial charge in [-0.2, -0.15) is 0 Å². The largest absolute Gasteiger partial charge is 0.490 e. The van der Waals surface area contributed by atoms with Crippen LogP contribution in [0, 0.1) is 0 Å². The van der Waals surface area contributed by atoms with Crippen molar-refractivity contribution in [1.29, 1.82) is 0 Å². The van der Waals surface area contributed by atoms with E-state index in [1.54, 1.807) is 6.92 Å². The van der Waals surface area contributed by atoms with Crippen LogP contribution in [0.25, 0.3) is 0 Å². The molecule has 1 aromatic carbocycles. The molecule has 0 aromatic heterocycles. The predicted molar refractivity (Wildman–Crippen MR) is 54.2 cm³/mol. The molecule has 0 spiro atoms. The average Bonchev–Trinajstić information content (AvgIpc) is 2.55. The van der Waals surface area contributed by atoms with E-state index < -0.39 is 0 Å². The van der Waals surface area contributed by atoms with Gasteiger partial charge in [0.1, 0.15) is 11.9 Å². The SMILES string of the molecule is CC(=NO)c1ccc2c(c1)C[C@H](C)O2. The van der Waals surface area contributed by atoms with E-state index in [-0.39, 0.29) is 6.10 Å². The van der Waals surface area contributed by atoms with Crippen molar-refractivity contribution in [3.05, 3.63) is 29.3 Å². The Morgan fingerprint density at radius 3 is 3.07 bits per heavy atom. The number of nitrogens with zero attached hydrogens (tertiary/aromatic N) is 1. The lowest BCUT2D eigenvalue weighted by Crippen LogP contribution is -2.05. The minimum atomic E-state index is 0.256. The summed E-state index contributed by atoms with van der Waals surface area (Å²) in [5.74, 6) is 0.951. The molecular formula is C11H13NO2. The zero-order valence-corrected chi connectivity index (χ0v) is 8.32. The van der Waals surface area contributed by atoms with Crippen molar-refractivity contribution < 1.29 is 9.94 Å². The number of ether oxygens (including phenoxy) is 1. The van der Waals surface area contributed by atoms with Gasteiger partial charge in [-0.05, 0) is 43.2 Å². The summed E-state index contributed by atoms with van der Waals surface area (Å²) in [5, 5.41) is 11.8. The van der Waals surface area contributed by atoms with E-state index in [9.17, 15) is 0 Å². The van der Waals surface area contributed by atoms with Crippen molar-refractivity contribution in [2.75, 3.05) is 0 Å². The Morgan fingerprint density at radius 1 is 1.57 bits per heavy atom. The third-order valence-corrected chi connectivity index (χ3v) is 2.46. The lowest BCUT2D eigenvalue weighted by molar-refractivity contribution is 0.254. The molecule has 0 saturated heterocycles. The number of oxime groups is 1. The Kier molecular flexibility index (Phi) is 2.15. The number of rotatable bonds is 1. The lowest BCUT2D eigenvalue weighted by Gasteiger charge is -2.02. The molecule has 3 heteroatoms. The molecule has 2 rings (SSSR count). The first-order valence-corrected chi connectivity index (χ1v) is 4.69. The van der Waals surface area contributed by atoms with Crippen LogP contribution in [-0.2, 0) is 6.42 Å². The highest BCUT2D eigenvalue weighted by Gasteiger charge is 2.19. The van der Waals surface area contributed by atoms with E-state index in [4.69, 9.17) is 9.94 Å². The average molecular weight is 191 g/mol. The molecule has 1 aliphatic heterocycles. The van der Waals surface area contributed by atoms with Gasteiger partial charge in [0.25, 0.3) is 0 Å². The lowest BCUT2D eigenvalue weighted by atomic mass is 10.0. The summed E-state index contributed by atoms with van der Waals surface area (Å²) in [4.78, 5) is 0. The van der Waals surface area contributed by atoms with E-state index in [1.807, 2.05) is 25.1 Å². The smallest absolute Gasteiger partial charge is 0.123 e. The minimum absolute atomic E-state index is 0.256. The van der Waals surface area contributed by atoms with Crippen LogP contribution in [-0.4, -0.2) is 17.0 Å². The molecule has 14 heavy (non-hydrogen) atoms. The fourth-order valence-electron chi connectivity index (χ4n) is 1.70. The number of hydrogen-bond acceptors (Lipinski definition) is 3. The van der Waals surface area contributed by atoms with Crippen LogP contribution in [0.5, 0.6) is 5.75 Å². The Morgan fingerprint density at radius 2 is 2.36 bits per heavy atom. The van der Waals surface area contributed by atoms with Gasteiger partial charge in [0, 0.05) is 6.42 Å². The molecule has 1 heterocycles. The van der Waals surface area contributed by atoms with Crippen LogP contribution in [0.15, 0.2) is 23.4 Å². The van der Waals surface area contributed by atoms with Gasteiger partial charge < -0.3 is 9.94 Å². The van der Waals surface area contributed by atoms with Crippen molar-refractivity contribution in [2.45, 2.75) is 26.4 Å². The Bertz CT molecular complexity index is 385. The standard InChI is InChI=1S/C11H13NO2/c1-7-5-10-6-9(8(2)12-13)3-4-11(10)14-7/h3-4,6-7,13H,5H2,1-2H3/t7-/m0/s1. The molecule has 0 unspecified atom stereocenters. The summed E-state index contributed by atoms with van der Waals surface area (Å²) in [6.07, 6.45) is 1.19. The van der Waals surface area contributed by atoms with E-state index in [0.29, 0.717) is 5.71 Å². The molecule has 0 bridgehead atoms. The van der Waals surface area contributed by atoms with Crippen molar-refractivity contribution in [3.63, 3.8) is 0 Å². The molecule has 1 N–H and O–H groups in total. The van der Waals surface area contributed by atoms with Crippen LogP contribution < -0.4 is 4.74 Å². The Hall–Kier alpha value is -1.51. The van der Waals surface area contributed by atoms with E-state index in [0.717, 1.165) is 17.7 Å². The third kappa shape index (κ3) is 1.45. The maximum atomic E-state index is 8.65. The van der Waals surface area contributed by atoms with E-state index in [2.05, 4.69) is 5.16 Å². The van der Waals surface area contributed by atoms with Gasteiger partial charge in [-0.1, -0.05) is 5.16 Å². The van der Waals surface area contributed by atoms with Crippen LogP contribution in [0.2, 0.25) is 0 Å². The predicted octanol–water partition coefficient (Wildman–Crippen LogP) is 2.21. The molecule has 1 atom stereocenters. The summed E-state index contributed by atoms with van der Waals surface area (Å²) in [5.41, 5.74) is 2.77. The summed E-state index contributed by atoms with van der Waals surface area (Å²) >= 11 is 0. The molecule has 3 nitrogen and oxygen atoms in total. The molecule has 0 amide bonds. The monoisotopic (exact) mass is 191 g/mol. The van der Waals surface area contributed by atoms with Crippen molar-refractivity contribution in [1.82, 2.24) is 0 Å². The number of benzene rings is 1. The highest BCUT2D eigenvalue weighted by atomic mass is 16.5. The second-order valence-electron chi connectivity index (χ2n) is 3.64. The highest BCUT2D eigenvalue weighted by Crippen LogP contribution is 2.29. The second kappa shape index (κ2) is 3.33. The number of fused-ring (bicyclic) bond motifs is 1. The normalized spacial score (nSPS) is 20.4. The summed E-state index contributed by atoms with van der Waals surface area (Å²) in [6, 6.07) is 5.86. The van der Waals surface area contributed by atoms with Crippen LogP contribution in [0.3, 0.4) is 0 Å². The summed E-state index contributed by atoms with van der Waals surface area (Å²) < 4.78 is 5.57. The molecule has 0 fully saturated rings. The van der Waals surface area contributed by atoms with E-state index >= 15 is 0 Å². The fraction of sp³-hybridized carbons (Fsp3) is 0.364.